The minimum atomic E-state index is -0.476. The zero-order valence-corrected chi connectivity index (χ0v) is 18.5. The van der Waals surface area contributed by atoms with E-state index in [1.54, 1.807) is 0 Å². The highest BCUT2D eigenvalue weighted by Crippen LogP contribution is 2.33. The second-order valence-electron chi connectivity index (χ2n) is 6.81. The molecule has 1 N–H and O–H groups in total. The first-order valence-electron chi connectivity index (χ1n) is 10.0. The Kier molecular flexibility index (Phi) is 9.38. The Morgan fingerprint density at radius 3 is 2.61 bits per heavy atom. The molecule has 2 aromatic rings. The molecule has 0 bridgehead atoms. The van der Waals surface area contributed by atoms with Gasteiger partial charge in [-0.15, -0.1) is 0 Å². The molecule has 1 aromatic carbocycles. The summed E-state index contributed by atoms with van der Waals surface area (Å²) in [4.78, 5) is 0. The lowest BCUT2D eigenvalue weighted by molar-refractivity contribution is 0.241. The Bertz CT molecular complexity index is 745. The van der Waals surface area contributed by atoms with E-state index in [9.17, 15) is 8.78 Å². The van der Waals surface area contributed by atoms with Crippen molar-refractivity contribution in [2.24, 2.45) is 5.92 Å². The summed E-state index contributed by atoms with van der Waals surface area (Å²) in [6.45, 7) is 5.34. The maximum Gasteiger partial charge on any atom is 0.227 e. The number of aromatic nitrogens is 2. The van der Waals surface area contributed by atoms with Crippen molar-refractivity contribution < 1.29 is 13.5 Å². The van der Waals surface area contributed by atoms with Crippen molar-refractivity contribution in [1.29, 1.82) is 0 Å². The van der Waals surface area contributed by atoms with Crippen LogP contribution in [0.25, 0.3) is 0 Å². The van der Waals surface area contributed by atoms with E-state index in [0.29, 0.717) is 18.3 Å². The van der Waals surface area contributed by atoms with Crippen LogP contribution in [-0.2, 0) is 19.7 Å². The van der Waals surface area contributed by atoms with Crippen molar-refractivity contribution in [3.05, 3.63) is 45.6 Å². The number of benzene rings is 1. The third-order valence-electron chi connectivity index (χ3n) is 4.79. The lowest BCUT2D eigenvalue weighted by Crippen LogP contribution is -2.17. The summed E-state index contributed by atoms with van der Waals surface area (Å²) in [5.74, 6) is 0.197. The maximum absolute atomic E-state index is 13.9. The van der Waals surface area contributed by atoms with Crippen LogP contribution in [0.2, 0.25) is 0 Å². The molecule has 0 radical (unpaired) electrons. The highest BCUT2D eigenvalue weighted by Gasteiger charge is 2.21. The summed E-state index contributed by atoms with van der Waals surface area (Å²) in [6.07, 6.45) is 6.18. The van der Waals surface area contributed by atoms with Gasteiger partial charge in [-0.2, -0.15) is 5.10 Å². The predicted molar refractivity (Wildman–Crippen MR) is 111 cm³/mol. The SMILES string of the molecule is CC.CNCc1nn(CC2CCCCC2)c(OCc2cc(F)ccc2F)c1Br. The van der Waals surface area contributed by atoms with Crippen LogP contribution in [-0.4, -0.2) is 16.8 Å². The molecule has 0 aliphatic heterocycles. The van der Waals surface area contributed by atoms with Crippen molar-refractivity contribution in [3.63, 3.8) is 0 Å². The monoisotopic (exact) mass is 457 g/mol. The Morgan fingerprint density at radius 2 is 1.93 bits per heavy atom. The Balaban J connectivity index is 0.00000136. The third kappa shape index (κ3) is 6.01. The van der Waals surface area contributed by atoms with E-state index < -0.39 is 11.6 Å². The standard InChI is InChI=1S/C19H24BrF2N3O.C2H6/c1-23-10-17-18(20)19(25(24-17)11-13-5-3-2-4-6-13)26-12-14-9-15(21)7-8-16(14)22;1-2/h7-9,13,23H,2-6,10-12H2,1H3;1-2H3. The predicted octanol–water partition coefficient (Wildman–Crippen LogP) is 5.83. The van der Waals surface area contributed by atoms with Crippen LogP contribution in [0.4, 0.5) is 8.78 Å². The average molecular weight is 458 g/mol. The molecule has 0 atom stereocenters. The molecule has 1 fully saturated rings. The number of nitrogens with one attached hydrogen (secondary N) is 1. The topological polar surface area (TPSA) is 39.1 Å². The van der Waals surface area contributed by atoms with Gasteiger partial charge in [0.2, 0.25) is 5.88 Å². The van der Waals surface area contributed by atoms with Gasteiger partial charge in [0.25, 0.3) is 0 Å². The van der Waals surface area contributed by atoms with Gasteiger partial charge < -0.3 is 10.1 Å². The van der Waals surface area contributed by atoms with Crippen molar-refractivity contribution in [2.75, 3.05) is 7.05 Å². The minimum absolute atomic E-state index is 0.0441. The second kappa shape index (κ2) is 11.5. The smallest absolute Gasteiger partial charge is 0.227 e. The first kappa shape index (κ1) is 22.8. The normalized spacial score (nSPS) is 14.5. The van der Waals surface area contributed by atoms with Crippen LogP contribution in [0.1, 0.15) is 57.2 Å². The van der Waals surface area contributed by atoms with Crippen LogP contribution in [0.3, 0.4) is 0 Å². The largest absolute Gasteiger partial charge is 0.472 e. The van der Waals surface area contributed by atoms with E-state index in [4.69, 9.17) is 4.74 Å². The van der Waals surface area contributed by atoms with Crippen LogP contribution >= 0.6 is 15.9 Å². The molecule has 1 heterocycles. The Labute approximate surface area is 174 Å². The fraction of sp³-hybridized carbons (Fsp3) is 0.571. The van der Waals surface area contributed by atoms with E-state index >= 15 is 0 Å². The molecule has 0 amide bonds. The lowest BCUT2D eigenvalue weighted by Gasteiger charge is -2.22. The van der Waals surface area contributed by atoms with Gasteiger partial charge in [0.15, 0.2) is 0 Å². The molecule has 1 aliphatic carbocycles. The zero-order valence-electron chi connectivity index (χ0n) is 16.9. The fourth-order valence-corrected chi connectivity index (χ4v) is 3.97. The number of halogens is 3. The Hall–Kier alpha value is -1.47. The number of nitrogens with zero attached hydrogens (tertiary/aromatic N) is 2. The quantitative estimate of drug-likeness (QED) is 0.568. The van der Waals surface area contributed by atoms with Crippen molar-refractivity contribution in [1.82, 2.24) is 15.1 Å². The molecule has 1 aromatic heterocycles. The first-order chi connectivity index (χ1) is 13.6. The number of hydrogen-bond donors (Lipinski definition) is 1. The third-order valence-corrected chi connectivity index (χ3v) is 5.59. The summed E-state index contributed by atoms with van der Waals surface area (Å²) < 4.78 is 35.8. The van der Waals surface area contributed by atoms with Crippen molar-refractivity contribution >= 4 is 15.9 Å². The molecule has 0 spiro atoms. The molecule has 3 rings (SSSR count). The molecule has 28 heavy (non-hydrogen) atoms. The van der Waals surface area contributed by atoms with Crippen LogP contribution in [0.15, 0.2) is 22.7 Å². The molecule has 7 heteroatoms. The van der Waals surface area contributed by atoms with Crippen LogP contribution in [0, 0.1) is 17.6 Å². The van der Waals surface area contributed by atoms with Gasteiger partial charge >= 0.3 is 0 Å². The average Bonchev–Trinajstić information content (AvgIpc) is 3.00. The van der Waals surface area contributed by atoms with Gasteiger partial charge in [0.05, 0.1) is 5.69 Å². The number of rotatable bonds is 7. The molecule has 0 saturated heterocycles. The summed E-state index contributed by atoms with van der Waals surface area (Å²) in [7, 11) is 1.86. The molecular weight excluding hydrogens is 428 g/mol. The van der Waals surface area contributed by atoms with E-state index in [-0.39, 0.29) is 12.2 Å². The molecular formula is C21H30BrF2N3O. The van der Waals surface area contributed by atoms with Gasteiger partial charge in [-0.25, -0.2) is 13.5 Å². The molecule has 156 valence electrons. The van der Waals surface area contributed by atoms with Gasteiger partial charge in [0.1, 0.15) is 22.7 Å². The highest BCUT2D eigenvalue weighted by atomic mass is 79.9. The van der Waals surface area contributed by atoms with Crippen LogP contribution in [0.5, 0.6) is 5.88 Å². The van der Waals surface area contributed by atoms with Crippen LogP contribution < -0.4 is 10.1 Å². The van der Waals surface area contributed by atoms with E-state index in [1.165, 1.54) is 38.2 Å². The van der Waals surface area contributed by atoms with Gasteiger partial charge in [-0.1, -0.05) is 33.1 Å². The molecule has 0 unspecified atom stereocenters. The van der Waals surface area contributed by atoms with E-state index in [0.717, 1.165) is 28.8 Å². The van der Waals surface area contributed by atoms with Gasteiger partial charge in [-0.05, 0) is 59.9 Å². The van der Waals surface area contributed by atoms with E-state index in [1.807, 2.05) is 25.6 Å². The zero-order chi connectivity index (χ0) is 20.5. The maximum atomic E-state index is 13.9. The second-order valence-corrected chi connectivity index (χ2v) is 7.60. The van der Waals surface area contributed by atoms with Gasteiger partial charge in [-0.3, -0.25) is 0 Å². The summed E-state index contributed by atoms with van der Waals surface area (Å²) in [5.41, 5.74) is 1.04. The number of ether oxygens (including phenoxy) is 1. The molecule has 1 aliphatic rings. The van der Waals surface area contributed by atoms with Crippen molar-refractivity contribution in [3.8, 4) is 5.88 Å². The molecule has 4 nitrogen and oxygen atoms in total. The minimum Gasteiger partial charge on any atom is -0.472 e. The Morgan fingerprint density at radius 1 is 1.21 bits per heavy atom. The highest BCUT2D eigenvalue weighted by molar-refractivity contribution is 9.10. The number of hydrogen-bond acceptors (Lipinski definition) is 3. The summed E-state index contributed by atoms with van der Waals surface area (Å²) in [5, 5.41) is 7.75. The van der Waals surface area contributed by atoms with Crippen molar-refractivity contribution in [2.45, 2.75) is 65.6 Å². The summed E-state index contributed by atoms with van der Waals surface area (Å²) >= 11 is 3.56. The summed E-state index contributed by atoms with van der Waals surface area (Å²) in [6, 6.07) is 3.39. The first-order valence-corrected chi connectivity index (χ1v) is 10.8. The molecule has 1 saturated carbocycles. The fourth-order valence-electron chi connectivity index (χ4n) is 3.43. The van der Waals surface area contributed by atoms with Gasteiger partial charge in [0, 0.05) is 18.7 Å². The van der Waals surface area contributed by atoms with E-state index in [2.05, 4.69) is 26.3 Å². The lowest BCUT2D eigenvalue weighted by atomic mass is 9.89.